The van der Waals surface area contributed by atoms with E-state index in [-0.39, 0.29) is 17.7 Å². The summed E-state index contributed by atoms with van der Waals surface area (Å²) in [7, 11) is 0. The molecule has 40 heavy (non-hydrogen) atoms. The number of ether oxygens (including phenoxy) is 1. The molecule has 0 unspecified atom stereocenters. The van der Waals surface area contributed by atoms with Crippen LogP contribution in [0.2, 0.25) is 0 Å². The Morgan fingerprint density at radius 1 is 1.15 bits per heavy atom. The molecule has 0 amide bonds. The van der Waals surface area contributed by atoms with Gasteiger partial charge in [-0.25, -0.2) is 14.6 Å². The van der Waals surface area contributed by atoms with Crippen LogP contribution in [0.3, 0.4) is 0 Å². The van der Waals surface area contributed by atoms with Crippen molar-refractivity contribution in [2.75, 3.05) is 12.9 Å². The number of hydrogen-bond acceptors (Lipinski definition) is 8. The third-order valence-electron chi connectivity index (χ3n) is 6.59. The number of rotatable bonds is 7. The van der Waals surface area contributed by atoms with E-state index < -0.39 is 18.0 Å². The van der Waals surface area contributed by atoms with E-state index in [1.165, 1.54) is 17.4 Å². The molecule has 8 nitrogen and oxygen atoms in total. The average molecular weight is 575 g/mol. The van der Waals surface area contributed by atoms with Crippen molar-refractivity contribution in [3.63, 3.8) is 0 Å². The molecule has 2 aromatic carbocycles. The monoisotopic (exact) mass is 574 g/mol. The average Bonchev–Trinajstić information content (AvgIpc) is 3.52. The number of carboxylic acids is 1. The van der Waals surface area contributed by atoms with Crippen LogP contribution in [0.15, 0.2) is 85.0 Å². The van der Waals surface area contributed by atoms with Gasteiger partial charge in [-0.1, -0.05) is 29.5 Å². The van der Waals surface area contributed by atoms with Gasteiger partial charge < -0.3 is 14.3 Å². The van der Waals surface area contributed by atoms with Gasteiger partial charge in [-0.3, -0.25) is 9.36 Å². The lowest BCUT2D eigenvalue weighted by Crippen LogP contribution is -2.39. The molecule has 1 aliphatic heterocycles. The highest BCUT2D eigenvalue weighted by Gasteiger charge is 2.33. The molecule has 204 valence electrons. The number of carbonyl (C=O) groups excluding carboxylic acids is 1. The number of furan rings is 1. The summed E-state index contributed by atoms with van der Waals surface area (Å²) in [6.07, 6.45) is 3.64. The number of carbonyl (C=O) groups is 2. The molecular formula is C30H26N2O6S2. The van der Waals surface area contributed by atoms with Gasteiger partial charge in [0.05, 0.1) is 34.0 Å². The second-order valence-corrected chi connectivity index (χ2v) is 11.0. The van der Waals surface area contributed by atoms with E-state index in [2.05, 4.69) is 4.99 Å². The van der Waals surface area contributed by atoms with Gasteiger partial charge in [-0.15, -0.1) is 11.8 Å². The second-order valence-electron chi connectivity index (χ2n) is 9.11. The van der Waals surface area contributed by atoms with Crippen LogP contribution in [0.5, 0.6) is 0 Å². The molecule has 2 aromatic heterocycles. The molecule has 0 spiro atoms. The van der Waals surface area contributed by atoms with Gasteiger partial charge in [0.15, 0.2) is 4.80 Å². The first kappa shape index (κ1) is 27.4. The smallest absolute Gasteiger partial charge is 0.338 e. The Balaban J connectivity index is 1.60. The summed E-state index contributed by atoms with van der Waals surface area (Å²) in [5.74, 6) is -0.480. The van der Waals surface area contributed by atoms with Crippen LogP contribution in [0.1, 0.15) is 47.1 Å². The largest absolute Gasteiger partial charge is 0.478 e. The highest BCUT2D eigenvalue weighted by molar-refractivity contribution is 7.98. The van der Waals surface area contributed by atoms with Crippen LogP contribution in [0.25, 0.3) is 17.4 Å². The summed E-state index contributed by atoms with van der Waals surface area (Å²) >= 11 is 2.83. The molecule has 3 heterocycles. The van der Waals surface area contributed by atoms with E-state index >= 15 is 0 Å². The van der Waals surface area contributed by atoms with Crippen molar-refractivity contribution < 1.29 is 23.8 Å². The number of aromatic carboxylic acids is 1. The van der Waals surface area contributed by atoms with Gasteiger partial charge in [-0.2, -0.15) is 0 Å². The maximum atomic E-state index is 13.8. The highest BCUT2D eigenvalue weighted by atomic mass is 32.2. The van der Waals surface area contributed by atoms with Gasteiger partial charge in [0.25, 0.3) is 5.56 Å². The predicted octanol–water partition coefficient (Wildman–Crippen LogP) is 4.79. The van der Waals surface area contributed by atoms with Gasteiger partial charge in [-0.05, 0) is 74.6 Å². The summed E-state index contributed by atoms with van der Waals surface area (Å²) in [6, 6.07) is 15.4. The fourth-order valence-electron chi connectivity index (χ4n) is 4.67. The zero-order chi connectivity index (χ0) is 28.6. The first-order chi connectivity index (χ1) is 19.2. The normalized spacial score (nSPS) is 15.1. The van der Waals surface area contributed by atoms with Crippen molar-refractivity contribution in [2.24, 2.45) is 4.99 Å². The number of thioether (sulfide) groups is 1. The number of allylic oxidation sites excluding steroid dienone is 1. The van der Waals surface area contributed by atoms with E-state index in [4.69, 9.17) is 9.15 Å². The van der Waals surface area contributed by atoms with Crippen LogP contribution in [-0.4, -0.2) is 34.5 Å². The topological polar surface area (TPSA) is 111 Å². The molecule has 0 saturated carbocycles. The Kier molecular flexibility index (Phi) is 7.64. The van der Waals surface area contributed by atoms with Crippen LogP contribution in [-0.2, 0) is 9.53 Å². The Bertz CT molecular complexity index is 1840. The number of carboxylic acid groups (broad SMARTS) is 1. The Labute approximate surface area is 238 Å². The van der Waals surface area contributed by atoms with Crippen LogP contribution < -0.4 is 14.9 Å². The van der Waals surface area contributed by atoms with Crippen molar-refractivity contribution in [1.29, 1.82) is 0 Å². The first-order valence-corrected chi connectivity index (χ1v) is 14.5. The van der Waals surface area contributed by atoms with Crippen molar-refractivity contribution in [2.45, 2.75) is 31.7 Å². The quantitative estimate of drug-likeness (QED) is 0.250. The van der Waals surface area contributed by atoms with E-state index in [1.807, 2.05) is 37.4 Å². The molecule has 0 fully saturated rings. The summed E-state index contributed by atoms with van der Waals surface area (Å²) in [5, 5.41) is 9.24. The molecule has 1 atom stereocenters. The van der Waals surface area contributed by atoms with E-state index in [9.17, 15) is 19.5 Å². The number of esters is 1. The van der Waals surface area contributed by atoms with Crippen LogP contribution >= 0.6 is 23.1 Å². The molecule has 0 radical (unpaired) electrons. The molecule has 0 aliphatic carbocycles. The molecule has 5 rings (SSSR count). The minimum absolute atomic E-state index is 0.198. The molecule has 0 bridgehead atoms. The van der Waals surface area contributed by atoms with E-state index in [0.29, 0.717) is 32.1 Å². The number of aromatic nitrogens is 1. The Morgan fingerprint density at radius 2 is 1.90 bits per heavy atom. The third kappa shape index (κ3) is 5.07. The van der Waals surface area contributed by atoms with Crippen LogP contribution in [0, 0.1) is 6.92 Å². The predicted molar refractivity (Wildman–Crippen MR) is 154 cm³/mol. The lowest BCUT2D eigenvalue weighted by molar-refractivity contribution is -0.139. The number of nitrogens with zero attached hydrogens (tertiary/aromatic N) is 2. The Morgan fingerprint density at radius 3 is 2.55 bits per heavy atom. The number of hydrogen-bond donors (Lipinski definition) is 1. The zero-order valence-electron chi connectivity index (χ0n) is 22.3. The molecule has 0 saturated heterocycles. The molecular weight excluding hydrogens is 548 g/mol. The number of aryl methyl sites for hydroxylation is 1. The SMILES string of the molecule is CCOC(=O)C1=C(C)N=c2s/c(=C\c3ccc(-c4ccc(C(=O)O)cc4C)o3)c(=O)n2[C@@H]1c1ccc(SC)cc1. The fourth-order valence-corrected chi connectivity index (χ4v) is 6.11. The zero-order valence-corrected chi connectivity index (χ0v) is 23.9. The Hall–Kier alpha value is -4.15. The maximum absolute atomic E-state index is 13.8. The highest BCUT2D eigenvalue weighted by Crippen LogP contribution is 2.32. The van der Waals surface area contributed by atoms with Gasteiger partial charge in [0.1, 0.15) is 11.5 Å². The van der Waals surface area contributed by atoms with Crippen molar-refractivity contribution >= 4 is 41.1 Å². The molecule has 1 N–H and O–H groups in total. The fraction of sp³-hybridized carbons (Fsp3) is 0.200. The lowest BCUT2D eigenvalue weighted by Gasteiger charge is -2.24. The third-order valence-corrected chi connectivity index (χ3v) is 8.31. The minimum Gasteiger partial charge on any atom is -0.478 e. The van der Waals surface area contributed by atoms with E-state index in [0.717, 1.165) is 21.6 Å². The number of thiazole rings is 1. The molecule has 4 aromatic rings. The molecule has 10 heteroatoms. The van der Waals surface area contributed by atoms with Crippen LogP contribution in [0.4, 0.5) is 0 Å². The van der Waals surface area contributed by atoms with Crippen molar-refractivity contribution in [1.82, 2.24) is 4.57 Å². The summed E-state index contributed by atoms with van der Waals surface area (Å²) in [6.45, 7) is 5.52. The second kappa shape index (κ2) is 11.1. The molecule has 1 aliphatic rings. The number of benzene rings is 2. The number of fused-ring (bicyclic) bond motifs is 1. The first-order valence-electron chi connectivity index (χ1n) is 12.5. The van der Waals surface area contributed by atoms with Crippen molar-refractivity contribution in [3.8, 4) is 11.3 Å². The van der Waals surface area contributed by atoms with Crippen molar-refractivity contribution in [3.05, 3.63) is 108 Å². The van der Waals surface area contributed by atoms with Gasteiger partial charge in [0.2, 0.25) is 0 Å². The maximum Gasteiger partial charge on any atom is 0.338 e. The van der Waals surface area contributed by atoms with Gasteiger partial charge >= 0.3 is 11.9 Å². The van der Waals surface area contributed by atoms with Gasteiger partial charge in [0, 0.05) is 16.5 Å². The summed E-state index contributed by atoms with van der Waals surface area (Å²) < 4.78 is 13.3. The summed E-state index contributed by atoms with van der Waals surface area (Å²) in [5.41, 5.74) is 3.04. The lowest BCUT2D eigenvalue weighted by atomic mass is 9.96. The standard InChI is InChI=1S/C30H26N2O6S2/c1-5-37-29(36)25-17(3)31-30-32(26(25)18-6-10-21(39-4)11-7-18)27(33)24(40-30)15-20-9-13-23(38-20)22-12-8-19(28(34)35)14-16(22)2/h6-15,26H,5H2,1-4H3,(H,34,35)/b24-15-/t26-/m1/s1. The minimum atomic E-state index is -0.995. The van der Waals surface area contributed by atoms with E-state index in [1.54, 1.807) is 60.5 Å². The summed E-state index contributed by atoms with van der Waals surface area (Å²) in [4.78, 5) is 44.3.